The van der Waals surface area contributed by atoms with Crippen LogP contribution in [0, 0.1) is 0 Å². The zero-order valence-electron chi connectivity index (χ0n) is 4.11. The molecule has 0 radical (unpaired) electrons. The SMILES string of the molecule is O=C(S(=O)(=O)F)S(=O)(=O)F. The maximum Gasteiger partial charge on any atom is 0.422 e. The number of rotatable bonds is 0. The molecule has 0 spiro atoms. The highest BCUT2D eigenvalue weighted by Crippen LogP contribution is 2.04. The molecule has 0 aromatic carbocycles. The lowest BCUT2D eigenvalue weighted by atomic mass is 11.8. The molecule has 0 bridgehead atoms. The van der Waals surface area contributed by atoms with Gasteiger partial charge in [0, 0.05) is 0 Å². The van der Waals surface area contributed by atoms with Crippen molar-refractivity contribution in [2.45, 2.75) is 0 Å². The summed E-state index contributed by atoms with van der Waals surface area (Å²) in [5.41, 5.74) is 0. The molecule has 5 nitrogen and oxygen atoms in total. The lowest BCUT2D eigenvalue weighted by molar-refractivity contribution is 0.270. The van der Waals surface area contributed by atoms with Crippen LogP contribution in [0.4, 0.5) is 12.6 Å². The normalized spacial score (nSPS) is 13.0. The van der Waals surface area contributed by atoms with Gasteiger partial charge in [0.05, 0.1) is 0 Å². The summed E-state index contributed by atoms with van der Waals surface area (Å²) in [5, 5.41) is 0. The third-order valence-electron chi connectivity index (χ3n) is 0.398. The van der Waals surface area contributed by atoms with E-state index in [1.165, 1.54) is 0 Å². The first-order valence-electron chi connectivity index (χ1n) is 1.59. The first kappa shape index (κ1) is 9.43. The number of halogens is 2. The van der Waals surface area contributed by atoms with E-state index in [0.717, 1.165) is 0 Å². The Balaban J connectivity index is 5.16. The summed E-state index contributed by atoms with van der Waals surface area (Å²) in [6.07, 6.45) is 0. The molecular weight excluding hydrogens is 194 g/mol. The van der Waals surface area contributed by atoms with E-state index in [1.807, 2.05) is 0 Å². The van der Waals surface area contributed by atoms with E-state index in [4.69, 9.17) is 0 Å². The fourth-order valence-corrected chi connectivity index (χ4v) is 1.07. The Bertz CT molecular complexity index is 300. The van der Waals surface area contributed by atoms with Crippen molar-refractivity contribution in [1.82, 2.24) is 0 Å². The summed E-state index contributed by atoms with van der Waals surface area (Å²) < 4.78 is 56.9. The monoisotopic (exact) mass is 194 g/mol. The number of hydrogen-bond donors (Lipinski definition) is 0. The van der Waals surface area contributed by atoms with Crippen LogP contribution in [0.25, 0.3) is 0 Å². The summed E-state index contributed by atoms with van der Waals surface area (Å²) in [5.74, 6) is 0. The summed E-state index contributed by atoms with van der Waals surface area (Å²) >= 11 is 0. The second-order valence-corrected chi connectivity index (χ2v) is 3.88. The van der Waals surface area contributed by atoms with Crippen molar-refractivity contribution in [3.8, 4) is 0 Å². The van der Waals surface area contributed by atoms with Crippen LogP contribution in [0.15, 0.2) is 0 Å². The smallest absolute Gasteiger partial charge is 0.257 e. The molecule has 0 amide bonds. The highest BCUT2D eigenvalue weighted by atomic mass is 32.3. The number of hydrogen-bond acceptors (Lipinski definition) is 5. The van der Waals surface area contributed by atoms with Crippen molar-refractivity contribution < 1.29 is 29.4 Å². The first-order valence-corrected chi connectivity index (χ1v) is 4.35. The summed E-state index contributed by atoms with van der Waals surface area (Å²) in [6, 6.07) is 0. The Morgan fingerprint density at radius 2 is 1.10 bits per heavy atom. The van der Waals surface area contributed by atoms with Crippen LogP contribution < -0.4 is 0 Å². The van der Waals surface area contributed by atoms with Gasteiger partial charge in [-0.3, -0.25) is 4.79 Å². The van der Waals surface area contributed by atoms with Gasteiger partial charge in [-0.1, -0.05) is 7.77 Å². The molecule has 0 saturated heterocycles. The van der Waals surface area contributed by atoms with Crippen LogP contribution in [0.2, 0.25) is 0 Å². The van der Waals surface area contributed by atoms with Gasteiger partial charge in [-0.25, -0.2) is 0 Å². The highest BCUT2D eigenvalue weighted by molar-refractivity contribution is 8.27. The molecule has 0 aliphatic carbocycles. The standard InChI is InChI=1S/CF2O5S2/c2-9(5,6)1(4)10(3,7)8. The molecule has 0 fully saturated rings. The Morgan fingerprint density at radius 1 is 0.900 bits per heavy atom. The van der Waals surface area contributed by atoms with Crippen molar-refractivity contribution in [2.24, 2.45) is 0 Å². The van der Waals surface area contributed by atoms with Gasteiger partial charge >= 0.3 is 24.9 Å². The zero-order valence-corrected chi connectivity index (χ0v) is 5.75. The second-order valence-electron chi connectivity index (χ2n) is 1.13. The minimum atomic E-state index is -5.96. The molecule has 0 unspecified atom stereocenters. The zero-order chi connectivity index (χ0) is 8.58. The van der Waals surface area contributed by atoms with E-state index < -0.39 is 24.9 Å². The molecule has 60 valence electrons. The quantitative estimate of drug-likeness (QED) is 0.494. The number of carbonyl (C=O) groups excluding carboxylic acids is 1. The average Bonchev–Trinajstić information content (AvgIpc) is 1.59. The van der Waals surface area contributed by atoms with Gasteiger partial charge < -0.3 is 0 Å². The first-order chi connectivity index (χ1) is 4.15. The van der Waals surface area contributed by atoms with E-state index in [-0.39, 0.29) is 0 Å². The average molecular weight is 194 g/mol. The van der Waals surface area contributed by atoms with Crippen LogP contribution in [0.3, 0.4) is 0 Å². The minimum Gasteiger partial charge on any atom is -0.257 e. The van der Waals surface area contributed by atoms with Gasteiger partial charge in [0.15, 0.2) is 0 Å². The minimum absolute atomic E-state index is 3.07. The summed E-state index contributed by atoms with van der Waals surface area (Å²) in [4.78, 5) is 9.56. The maximum atomic E-state index is 11.3. The van der Waals surface area contributed by atoms with E-state index in [2.05, 4.69) is 0 Å². The van der Waals surface area contributed by atoms with Crippen LogP contribution in [-0.2, 0) is 20.4 Å². The summed E-state index contributed by atoms with van der Waals surface area (Å²) in [7, 11) is -11.9. The molecular formula is CF2O5S2. The number of carbonyl (C=O) groups is 1. The second kappa shape index (κ2) is 2.23. The van der Waals surface area contributed by atoms with Gasteiger partial charge in [0.25, 0.3) is 0 Å². The fourth-order valence-electron chi connectivity index (χ4n) is 0.119. The van der Waals surface area contributed by atoms with Crippen molar-refractivity contribution in [3.63, 3.8) is 0 Å². The van der Waals surface area contributed by atoms with Gasteiger partial charge in [-0.2, -0.15) is 16.8 Å². The molecule has 0 aliphatic heterocycles. The molecule has 0 aromatic heterocycles. The molecule has 0 aromatic rings. The lowest BCUT2D eigenvalue weighted by Crippen LogP contribution is -2.14. The van der Waals surface area contributed by atoms with Gasteiger partial charge in [-0.15, -0.1) is 0 Å². The van der Waals surface area contributed by atoms with E-state index >= 15 is 0 Å². The Labute approximate surface area is 55.1 Å². The Kier molecular flexibility index (Phi) is 2.11. The molecule has 0 N–H and O–H groups in total. The fraction of sp³-hybridized carbons (Fsp3) is 0. The van der Waals surface area contributed by atoms with Crippen LogP contribution >= 0.6 is 0 Å². The Hall–Kier alpha value is -0.570. The summed E-state index contributed by atoms with van der Waals surface area (Å²) in [6.45, 7) is 0. The Morgan fingerprint density at radius 3 is 1.10 bits per heavy atom. The van der Waals surface area contributed by atoms with E-state index in [0.29, 0.717) is 0 Å². The van der Waals surface area contributed by atoms with Gasteiger partial charge in [0.1, 0.15) is 0 Å². The van der Waals surface area contributed by atoms with Crippen molar-refractivity contribution in [1.29, 1.82) is 0 Å². The third-order valence-corrected chi connectivity index (χ3v) is 2.39. The predicted octanol–water partition coefficient (Wildman–Crippen LogP) is -0.295. The molecule has 9 heteroatoms. The maximum absolute atomic E-state index is 11.3. The topological polar surface area (TPSA) is 85.3 Å². The molecule has 0 saturated carbocycles. The lowest BCUT2D eigenvalue weighted by Gasteiger charge is -1.83. The van der Waals surface area contributed by atoms with Crippen LogP contribution in [-0.4, -0.2) is 21.3 Å². The van der Waals surface area contributed by atoms with Crippen molar-refractivity contribution >= 4 is 24.9 Å². The molecule has 0 atom stereocenters. The largest absolute Gasteiger partial charge is 0.422 e. The van der Waals surface area contributed by atoms with Crippen LogP contribution in [0.5, 0.6) is 0 Å². The van der Waals surface area contributed by atoms with Crippen molar-refractivity contribution in [2.75, 3.05) is 0 Å². The van der Waals surface area contributed by atoms with E-state index in [9.17, 15) is 29.4 Å². The van der Waals surface area contributed by atoms with Gasteiger partial charge in [0.2, 0.25) is 0 Å². The highest BCUT2D eigenvalue weighted by Gasteiger charge is 2.35. The van der Waals surface area contributed by atoms with Crippen molar-refractivity contribution in [3.05, 3.63) is 0 Å². The van der Waals surface area contributed by atoms with Gasteiger partial charge in [-0.05, 0) is 0 Å². The predicted molar refractivity (Wildman–Crippen MR) is 25.5 cm³/mol. The molecule has 0 rings (SSSR count). The third kappa shape index (κ3) is 2.35. The molecule has 0 aliphatic rings. The molecule has 0 heterocycles. The van der Waals surface area contributed by atoms with Crippen LogP contribution in [0.1, 0.15) is 0 Å². The van der Waals surface area contributed by atoms with E-state index in [1.54, 1.807) is 0 Å². The molecule has 10 heavy (non-hydrogen) atoms.